The van der Waals surface area contributed by atoms with Gasteiger partial charge >= 0.3 is 0 Å². The standard InChI is InChI=1S/C14H19N3O4S/c18-17(19)12-1-3-14(4-2-12)22(20,21)10-9-16-8-7-15-6-5-13(16)11-15/h1-4,13H,5-11H2. The van der Waals surface area contributed by atoms with E-state index < -0.39 is 14.8 Å². The third-order valence-electron chi connectivity index (χ3n) is 4.52. The van der Waals surface area contributed by atoms with E-state index in [0.29, 0.717) is 12.6 Å². The first-order valence-corrected chi connectivity index (χ1v) is 9.04. The summed E-state index contributed by atoms with van der Waals surface area (Å²) in [5.74, 6) is 0.0569. The van der Waals surface area contributed by atoms with Crippen molar-refractivity contribution in [2.45, 2.75) is 17.4 Å². The summed E-state index contributed by atoms with van der Waals surface area (Å²) in [7, 11) is -3.40. The van der Waals surface area contributed by atoms with Crippen molar-refractivity contribution in [2.24, 2.45) is 0 Å². The third-order valence-corrected chi connectivity index (χ3v) is 6.23. The highest BCUT2D eigenvalue weighted by atomic mass is 32.2. The van der Waals surface area contributed by atoms with E-state index in [1.54, 1.807) is 0 Å². The van der Waals surface area contributed by atoms with E-state index in [4.69, 9.17) is 0 Å². The van der Waals surface area contributed by atoms with Crippen LogP contribution in [0, 0.1) is 10.1 Å². The smallest absolute Gasteiger partial charge is 0.269 e. The first-order valence-electron chi connectivity index (χ1n) is 7.39. The molecule has 0 amide bonds. The van der Waals surface area contributed by atoms with Gasteiger partial charge in [-0.3, -0.25) is 15.0 Å². The maximum atomic E-state index is 12.4. The first-order chi connectivity index (χ1) is 10.5. The summed E-state index contributed by atoms with van der Waals surface area (Å²) in [5, 5.41) is 10.6. The van der Waals surface area contributed by atoms with Crippen LogP contribution < -0.4 is 0 Å². The Morgan fingerprint density at radius 1 is 1.18 bits per heavy atom. The summed E-state index contributed by atoms with van der Waals surface area (Å²) >= 11 is 0. The molecule has 0 saturated carbocycles. The minimum atomic E-state index is -3.40. The molecule has 2 saturated heterocycles. The number of nitro benzene ring substituents is 1. The van der Waals surface area contributed by atoms with E-state index >= 15 is 0 Å². The largest absolute Gasteiger partial charge is 0.300 e. The molecule has 2 aliphatic heterocycles. The summed E-state index contributed by atoms with van der Waals surface area (Å²) in [6, 6.07) is 5.59. The van der Waals surface area contributed by atoms with Crippen molar-refractivity contribution < 1.29 is 13.3 Å². The highest BCUT2D eigenvalue weighted by Crippen LogP contribution is 2.21. The van der Waals surface area contributed by atoms with Crippen LogP contribution in [0.5, 0.6) is 0 Å². The zero-order valence-electron chi connectivity index (χ0n) is 12.2. The number of benzene rings is 1. The van der Waals surface area contributed by atoms with Crippen LogP contribution >= 0.6 is 0 Å². The van der Waals surface area contributed by atoms with Crippen molar-refractivity contribution in [2.75, 3.05) is 38.5 Å². The molecule has 0 N–H and O–H groups in total. The maximum Gasteiger partial charge on any atom is 0.269 e. The molecule has 7 nitrogen and oxygen atoms in total. The molecule has 2 bridgehead atoms. The molecule has 8 heteroatoms. The van der Waals surface area contributed by atoms with Gasteiger partial charge in [-0.25, -0.2) is 8.42 Å². The summed E-state index contributed by atoms with van der Waals surface area (Å²) in [4.78, 5) is 14.9. The zero-order valence-corrected chi connectivity index (χ0v) is 13.0. The summed E-state index contributed by atoms with van der Waals surface area (Å²) in [6.45, 7) is 4.60. The Balaban J connectivity index is 1.64. The number of fused-ring (bicyclic) bond motifs is 2. The normalized spacial score (nSPS) is 25.3. The van der Waals surface area contributed by atoms with E-state index in [-0.39, 0.29) is 16.3 Å². The number of hydrogen-bond acceptors (Lipinski definition) is 6. The Morgan fingerprint density at radius 2 is 1.91 bits per heavy atom. The van der Waals surface area contributed by atoms with Gasteiger partial charge in [0.1, 0.15) is 0 Å². The van der Waals surface area contributed by atoms with Crippen LogP contribution in [0.1, 0.15) is 6.42 Å². The second-order valence-corrected chi connectivity index (χ2v) is 7.96. The summed E-state index contributed by atoms with van der Waals surface area (Å²) in [5.41, 5.74) is -0.0963. The molecule has 2 atom stereocenters. The molecule has 0 radical (unpaired) electrons. The van der Waals surface area contributed by atoms with Crippen LogP contribution in [0.2, 0.25) is 0 Å². The number of hydrogen-bond donors (Lipinski definition) is 0. The Kier molecular flexibility index (Phi) is 4.16. The molecule has 2 unspecified atom stereocenters. The number of piperazine rings is 1. The van der Waals surface area contributed by atoms with Gasteiger partial charge in [0.15, 0.2) is 9.84 Å². The van der Waals surface area contributed by atoms with E-state index in [1.807, 2.05) is 0 Å². The van der Waals surface area contributed by atoms with Crippen LogP contribution in [-0.2, 0) is 9.84 Å². The van der Waals surface area contributed by atoms with Crippen molar-refractivity contribution in [3.8, 4) is 0 Å². The van der Waals surface area contributed by atoms with Gasteiger partial charge in [0.05, 0.1) is 15.6 Å². The monoisotopic (exact) mass is 325 g/mol. The Morgan fingerprint density at radius 3 is 2.59 bits per heavy atom. The minimum Gasteiger partial charge on any atom is -0.300 e. The van der Waals surface area contributed by atoms with Crippen molar-refractivity contribution in [1.29, 1.82) is 0 Å². The molecule has 2 fully saturated rings. The fourth-order valence-corrected chi connectivity index (χ4v) is 4.45. The molecular formula is C14H19N3O4S. The van der Waals surface area contributed by atoms with Crippen LogP contribution in [0.4, 0.5) is 5.69 Å². The lowest BCUT2D eigenvalue weighted by Gasteiger charge is -2.34. The van der Waals surface area contributed by atoms with Crippen molar-refractivity contribution >= 4 is 15.5 Å². The molecular weight excluding hydrogens is 306 g/mol. The maximum absolute atomic E-state index is 12.4. The van der Waals surface area contributed by atoms with Crippen molar-refractivity contribution in [1.82, 2.24) is 9.80 Å². The van der Waals surface area contributed by atoms with Gasteiger partial charge in [0.25, 0.3) is 5.69 Å². The molecule has 3 rings (SSSR count). The minimum absolute atomic E-state index is 0.0569. The molecule has 0 spiro atoms. The Labute approximate surface area is 129 Å². The van der Waals surface area contributed by atoms with Crippen LogP contribution in [0.15, 0.2) is 29.2 Å². The topological polar surface area (TPSA) is 83.8 Å². The molecule has 22 heavy (non-hydrogen) atoms. The van der Waals surface area contributed by atoms with E-state index in [9.17, 15) is 18.5 Å². The lowest BCUT2D eigenvalue weighted by atomic mass is 10.2. The van der Waals surface area contributed by atoms with Gasteiger partial charge in [-0.05, 0) is 25.1 Å². The van der Waals surface area contributed by atoms with Crippen molar-refractivity contribution in [3.63, 3.8) is 0 Å². The number of non-ortho nitro benzene ring substituents is 1. The van der Waals surface area contributed by atoms with E-state index in [2.05, 4.69) is 9.80 Å². The zero-order chi connectivity index (χ0) is 15.7. The second kappa shape index (κ2) is 5.94. The lowest BCUT2D eigenvalue weighted by molar-refractivity contribution is -0.384. The van der Waals surface area contributed by atoms with Gasteiger partial charge in [-0.1, -0.05) is 0 Å². The average Bonchev–Trinajstić information content (AvgIpc) is 2.89. The predicted octanol–water partition coefficient (Wildman–Crippen LogP) is 0.758. The predicted molar refractivity (Wildman–Crippen MR) is 81.6 cm³/mol. The SMILES string of the molecule is O=[N+]([O-])c1ccc(S(=O)(=O)CCN2CCN3CCC2C3)cc1. The lowest BCUT2D eigenvalue weighted by Crippen LogP contribution is -2.48. The van der Waals surface area contributed by atoms with Crippen LogP contribution in [-0.4, -0.2) is 67.7 Å². The fraction of sp³-hybridized carbons (Fsp3) is 0.571. The van der Waals surface area contributed by atoms with Crippen LogP contribution in [0.25, 0.3) is 0 Å². The number of sulfone groups is 1. The molecule has 0 aromatic heterocycles. The molecule has 1 aromatic rings. The Hall–Kier alpha value is -1.51. The molecule has 120 valence electrons. The summed E-state index contributed by atoms with van der Waals surface area (Å²) < 4.78 is 24.7. The first kappa shape index (κ1) is 15.4. The molecule has 2 aliphatic rings. The highest BCUT2D eigenvalue weighted by Gasteiger charge is 2.32. The van der Waals surface area contributed by atoms with Gasteiger partial charge in [0.2, 0.25) is 0 Å². The fourth-order valence-electron chi connectivity index (χ4n) is 3.19. The Bertz CT molecular complexity index is 659. The van der Waals surface area contributed by atoms with E-state index in [0.717, 1.165) is 32.6 Å². The van der Waals surface area contributed by atoms with Gasteiger partial charge < -0.3 is 4.90 Å². The highest BCUT2D eigenvalue weighted by molar-refractivity contribution is 7.91. The molecule has 0 aliphatic carbocycles. The number of nitrogens with zero attached hydrogens (tertiary/aromatic N) is 3. The molecule has 2 heterocycles. The van der Waals surface area contributed by atoms with E-state index in [1.165, 1.54) is 24.3 Å². The van der Waals surface area contributed by atoms with Crippen LogP contribution in [0.3, 0.4) is 0 Å². The average molecular weight is 325 g/mol. The quantitative estimate of drug-likeness (QED) is 0.587. The number of rotatable bonds is 5. The van der Waals surface area contributed by atoms with Crippen molar-refractivity contribution in [3.05, 3.63) is 34.4 Å². The second-order valence-electron chi connectivity index (χ2n) is 5.85. The van der Waals surface area contributed by atoms with Gasteiger partial charge in [-0.15, -0.1) is 0 Å². The van der Waals surface area contributed by atoms with Gasteiger partial charge in [-0.2, -0.15) is 0 Å². The summed E-state index contributed by atoms with van der Waals surface area (Å²) in [6.07, 6.45) is 1.11. The third kappa shape index (κ3) is 3.13. The van der Waals surface area contributed by atoms with Gasteiger partial charge in [0, 0.05) is 44.4 Å². The molecule has 1 aromatic carbocycles. The number of nitro groups is 1.